The van der Waals surface area contributed by atoms with Crippen molar-refractivity contribution in [3.05, 3.63) is 44.5 Å². The van der Waals surface area contributed by atoms with Crippen LogP contribution in [0.3, 0.4) is 0 Å². The Morgan fingerprint density at radius 3 is 2.55 bits per heavy atom. The summed E-state index contributed by atoms with van der Waals surface area (Å²) in [4.78, 5) is 37.7. The fourth-order valence-corrected chi connectivity index (χ4v) is 2.70. The van der Waals surface area contributed by atoms with E-state index in [1.165, 1.54) is 6.92 Å². The maximum atomic E-state index is 13.4. The van der Waals surface area contributed by atoms with E-state index in [0.717, 1.165) is 11.6 Å². The summed E-state index contributed by atoms with van der Waals surface area (Å²) in [5, 5.41) is 8.96. The monoisotopic (exact) mass is 449 g/mol. The quantitative estimate of drug-likeness (QED) is 0.267. The summed E-state index contributed by atoms with van der Waals surface area (Å²) < 4.78 is 59.0. The second-order valence-corrected chi connectivity index (χ2v) is 6.53. The maximum absolute atomic E-state index is 13.4. The number of rotatable bonds is 7. The molecule has 1 aromatic carbocycles. The Labute approximate surface area is 173 Å². The molecule has 0 unspecified atom stereocenters. The SMILES string of the molecule is Cc1cc(C)c2c(c1)C=C(C(=O)OCOC(=O)O[C@@H](C)CO[N+](=O)[O-])[C@@H](C(F)(F)F)O2. The molecule has 2 atom stereocenters. The van der Waals surface area contributed by atoms with E-state index in [4.69, 9.17) is 4.74 Å². The third-order valence-corrected chi connectivity index (χ3v) is 3.89. The van der Waals surface area contributed by atoms with Crippen LogP contribution >= 0.6 is 0 Å². The number of esters is 1. The van der Waals surface area contributed by atoms with Crippen molar-refractivity contribution in [3.63, 3.8) is 0 Å². The summed E-state index contributed by atoms with van der Waals surface area (Å²) in [6.07, 6.45) is -8.91. The molecule has 170 valence electrons. The molecule has 0 bridgehead atoms. The summed E-state index contributed by atoms with van der Waals surface area (Å²) >= 11 is 0. The number of alkyl halides is 3. The van der Waals surface area contributed by atoms with E-state index in [9.17, 15) is 32.9 Å². The molecule has 13 heteroatoms. The van der Waals surface area contributed by atoms with Crippen LogP contribution in [0.2, 0.25) is 0 Å². The van der Waals surface area contributed by atoms with Gasteiger partial charge in [-0.05, 0) is 38.5 Å². The molecule has 0 radical (unpaired) electrons. The van der Waals surface area contributed by atoms with Crippen LogP contribution in [0.1, 0.15) is 23.6 Å². The van der Waals surface area contributed by atoms with Crippen LogP contribution in [-0.4, -0.2) is 49.0 Å². The van der Waals surface area contributed by atoms with E-state index in [0.29, 0.717) is 5.56 Å². The number of benzene rings is 1. The average molecular weight is 449 g/mol. The number of ether oxygens (including phenoxy) is 4. The summed E-state index contributed by atoms with van der Waals surface area (Å²) in [6.45, 7) is 2.94. The third-order valence-electron chi connectivity index (χ3n) is 3.89. The molecule has 0 amide bonds. The van der Waals surface area contributed by atoms with E-state index in [2.05, 4.69) is 19.0 Å². The molecule has 31 heavy (non-hydrogen) atoms. The molecule has 2 rings (SSSR count). The van der Waals surface area contributed by atoms with Crippen molar-refractivity contribution in [2.45, 2.75) is 39.2 Å². The topological polar surface area (TPSA) is 123 Å². The number of nitrogens with zero attached hydrogens (tertiary/aromatic N) is 1. The van der Waals surface area contributed by atoms with Crippen molar-refractivity contribution >= 4 is 18.2 Å². The van der Waals surface area contributed by atoms with Crippen LogP contribution in [0.5, 0.6) is 5.75 Å². The zero-order valence-electron chi connectivity index (χ0n) is 16.6. The smallest absolute Gasteiger partial charge is 0.475 e. The van der Waals surface area contributed by atoms with Gasteiger partial charge >= 0.3 is 18.3 Å². The first kappa shape index (κ1) is 23.8. The van der Waals surface area contributed by atoms with Crippen molar-refractivity contribution in [1.82, 2.24) is 0 Å². The van der Waals surface area contributed by atoms with Crippen molar-refractivity contribution in [1.29, 1.82) is 0 Å². The highest BCUT2D eigenvalue weighted by molar-refractivity contribution is 5.96. The first-order chi connectivity index (χ1) is 14.4. The second kappa shape index (κ2) is 9.53. The minimum absolute atomic E-state index is 0.00441. The number of fused-ring (bicyclic) bond motifs is 1. The Bertz CT molecular complexity index is 898. The van der Waals surface area contributed by atoms with Crippen molar-refractivity contribution in [3.8, 4) is 5.75 Å². The lowest BCUT2D eigenvalue weighted by Crippen LogP contribution is -2.41. The maximum Gasteiger partial charge on any atom is 0.511 e. The molecule has 1 aliphatic rings. The number of carbonyl (C=O) groups is 2. The Balaban J connectivity index is 2.04. The van der Waals surface area contributed by atoms with Gasteiger partial charge < -0.3 is 23.8 Å². The van der Waals surface area contributed by atoms with Gasteiger partial charge in [-0.2, -0.15) is 13.2 Å². The van der Waals surface area contributed by atoms with Gasteiger partial charge in [-0.1, -0.05) is 11.6 Å². The van der Waals surface area contributed by atoms with Crippen molar-refractivity contribution in [2.75, 3.05) is 13.4 Å². The molecule has 0 saturated heterocycles. The summed E-state index contributed by atoms with van der Waals surface area (Å²) in [6, 6.07) is 3.19. The van der Waals surface area contributed by atoms with Crippen LogP contribution in [0.15, 0.2) is 17.7 Å². The van der Waals surface area contributed by atoms with Crippen LogP contribution in [0.4, 0.5) is 18.0 Å². The van der Waals surface area contributed by atoms with Gasteiger partial charge in [0.15, 0.2) is 0 Å². The molecule has 0 aliphatic carbocycles. The molecule has 0 fully saturated rings. The number of halogens is 3. The van der Waals surface area contributed by atoms with Crippen LogP contribution in [-0.2, 0) is 23.8 Å². The van der Waals surface area contributed by atoms with Crippen LogP contribution < -0.4 is 4.74 Å². The predicted octanol–water partition coefficient (Wildman–Crippen LogP) is 3.26. The van der Waals surface area contributed by atoms with Gasteiger partial charge in [-0.3, -0.25) is 0 Å². The lowest BCUT2D eigenvalue weighted by Gasteiger charge is -2.29. The summed E-state index contributed by atoms with van der Waals surface area (Å²) in [7, 11) is 0. The molecule has 1 aliphatic heterocycles. The van der Waals surface area contributed by atoms with Crippen LogP contribution in [0.25, 0.3) is 6.08 Å². The predicted molar refractivity (Wildman–Crippen MR) is 95.3 cm³/mol. The van der Waals surface area contributed by atoms with Gasteiger partial charge in [0.05, 0.1) is 5.57 Å². The minimum atomic E-state index is -4.91. The fourth-order valence-electron chi connectivity index (χ4n) is 2.70. The molecule has 1 heterocycles. The number of carbonyl (C=O) groups excluding carboxylic acids is 2. The highest BCUT2D eigenvalue weighted by atomic mass is 19.4. The van der Waals surface area contributed by atoms with E-state index in [-0.39, 0.29) is 11.3 Å². The third kappa shape index (κ3) is 6.49. The zero-order valence-corrected chi connectivity index (χ0v) is 16.6. The summed E-state index contributed by atoms with van der Waals surface area (Å²) in [5.74, 6) is -1.42. The minimum Gasteiger partial charge on any atom is -0.475 e. The van der Waals surface area contributed by atoms with E-state index in [1.807, 2.05) is 0 Å². The highest BCUT2D eigenvalue weighted by Crippen LogP contribution is 2.39. The Kier molecular flexibility index (Phi) is 7.31. The van der Waals surface area contributed by atoms with Gasteiger partial charge in [-0.25, -0.2) is 9.59 Å². The number of hydrogen-bond donors (Lipinski definition) is 0. The standard InChI is InChI=1S/C18H18F3NO9/c1-9-4-10(2)14-12(5-9)6-13(15(31-14)18(19,20)21)16(23)27-8-28-17(24)30-11(3)7-29-22(25)26/h4-6,11,15H,7-8H2,1-3H3/t11-,15-/m0/s1. The van der Waals surface area contributed by atoms with Crippen molar-refractivity contribution in [2.24, 2.45) is 0 Å². The van der Waals surface area contributed by atoms with Gasteiger partial charge in [0.1, 0.15) is 18.5 Å². The van der Waals surface area contributed by atoms with Gasteiger partial charge in [0, 0.05) is 5.56 Å². The first-order valence-corrected chi connectivity index (χ1v) is 8.72. The zero-order chi connectivity index (χ0) is 23.3. The fraction of sp³-hybridized carbons (Fsp3) is 0.444. The van der Waals surface area contributed by atoms with Gasteiger partial charge in [0.2, 0.25) is 12.9 Å². The first-order valence-electron chi connectivity index (χ1n) is 8.72. The molecule has 0 aromatic heterocycles. The van der Waals surface area contributed by atoms with Gasteiger partial charge in [-0.15, -0.1) is 10.1 Å². The average Bonchev–Trinajstić information content (AvgIpc) is 2.64. The molecular weight excluding hydrogens is 431 g/mol. The number of aryl methyl sites for hydroxylation is 2. The Hall–Kier alpha value is -3.51. The Morgan fingerprint density at radius 1 is 1.26 bits per heavy atom. The molecule has 0 saturated carbocycles. The molecular formula is C18H18F3NO9. The largest absolute Gasteiger partial charge is 0.511 e. The Morgan fingerprint density at radius 2 is 1.94 bits per heavy atom. The van der Waals surface area contributed by atoms with E-state index in [1.54, 1.807) is 26.0 Å². The molecule has 1 aromatic rings. The number of hydrogen-bond acceptors (Lipinski definition) is 9. The van der Waals surface area contributed by atoms with Crippen LogP contribution in [0, 0.1) is 24.0 Å². The molecule has 0 N–H and O–H groups in total. The van der Waals surface area contributed by atoms with Gasteiger partial charge in [0.25, 0.3) is 5.09 Å². The lowest BCUT2D eigenvalue weighted by atomic mass is 9.97. The van der Waals surface area contributed by atoms with E-state index < -0.39 is 54.6 Å². The molecule has 10 nitrogen and oxygen atoms in total. The van der Waals surface area contributed by atoms with Crippen molar-refractivity contribution < 1.29 is 51.6 Å². The second-order valence-electron chi connectivity index (χ2n) is 6.53. The lowest BCUT2D eigenvalue weighted by molar-refractivity contribution is -0.759. The van der Waals surface area contributed by atoms with E-state index >= 15 is 0 Å². The normalized spacial score (nSPS) is 16.2. The molecule has 0 spiro atoms. The summed E-state index contributed by atoms with van der Waals surface area (Å²) in [5.41, 5.74) is 0.657. The highest BCUT2D eigenvalue weighted by Gasteiger charge is 2.49.